The van der Waals surface area contributed by atoms with Crippen LogP contribution in [0.5, 0.6) is 23.0 Å². The van der Waals surface area contributed by atoms with E-state index in [-0.39, 0.29) is 5.91 Å². The van der Waals surface area contributed by atoms with Gasteiger partial charge in [0.15, 0.2) is 11.5 Å². The van der Waals surface area contributed by atoms with Crippen LogP contribution in [0.25, 0.3) is 21.5 Å². The molecule has 0 saturated heterocycles. The first kappa shape index (κ1) is 20.5. The van der Waals surface area contributed by atoms with Gasteiger partial charge >= 0.3 is 0 Å². The molecule has 0 bridgehead atoms. The molecule has 0 unspecified atom stereocenters. The van der Waals surface area contributed by atoms with Gasteiger partial charge in [-0.25, -0.2) is 4.98 Å². The molecule has 1 amide bonds. The Morgan fingerprint density at radius 2 is 1.74 bits per heavy atom. The van der Waals surface area contributed by atoms with Gasteiger partial charge in [0.05, 0.1) is 28.4 Å². The van der Waals surface area contributed by atoms with Crippen molar-refractivity contribution >= 4 is 33.8 Å². The molecule has 0 atom stereocenters. The van der Waals surface area contributed by atoms with Gasteiger partial charge in [-0.3, -0.25) is 4.79 Å². The number of amides is 1. The number of benzene rings is 2. The minimum Gasteiger partial charge on any atom is -0.497 e. The van der Waals surface area contributed by atoms with Crippen LogP contribution in [0, 0.1) is 0 Å². The molecule has 2 heterocycles. The van der Waals surface area contributed by atoms with Crippen LogP contribution < -0.4 is 24.3 Å². The quantitative estimate of drug-likeness (QED) is 0.438. The third-order valence-electron chi connectivity index (χ3n) is 4.78. The van der Waals surface area contributed by atoms with Crippen LogP contribution >= 0.6 is 11.3 Å². The van der Waals surface area contributed by atoms with Crippen LogP contribution in [-0.2, 0) is 0 Å². The predicted molar refractivity (Wildman–Crippen MR) is 120 cm³/mol. The number of aromatic amines is 1. The highest BCUT2D eigenvalue weighted by Gasteiger charge is 2.18. The summed E-state index contributed by atoms with van der Waals surface area (Å²) < 4.78 is 21.3. The van der Waals surface area contributed by atoms with Gasteiger partial charge in [0.2, 0.25) is 5.75 Å². The highest BCUT2D eigenvalue weighted by Crippen LogP contribution is 2.40. The number of rotatable bonds is 7. The van der Waals surface area contributed by atoms with E-state index in [2.05, 4.69) is 15.3 Å². The number of carbonyl (C=O) groups is 1. The van der Waals surface area contributed by atoms with Gasteiger partial charge in [-0.2, -0.15) is 0 Å². The Bertz CT molecular complexity index is 1220. The first-order chi connectivity index (χ1) is 15.1. The van der Waals surface area contributed by atoms with Crippen LogP contribution in [0.2, 0.25) is 0 Å². The van der Waals surface area contributed by atoms with E-state index < -0.39 is 0 Å². The molecule has 160 valence electrons. The average molecular weight is 439 g/mol. The van der Waals surface area contributed by atoms with Gasteiger partial charge in [-0.05, 0) is 18.2 Å². The lowest BCUT2D eigenvalue weighted by Crippen LogP contribution is -2.12. The van der Waals surface area contributed by atoms with E-state index in [1.165, 1.54) is 32.7 Å². The van der Waals surface area contributed by atoms with Crippen LogP contribution in [0.1, 0.15) is 10.5 Å². The second kappa shape index (κ2) is 8.57. The zero-order valence-electron chi connectivity index (χ0n) is 17.4. The molecule has 4 rings (SSSR count). The van der Waals surface area contributed by atoms with Gasteiger partial charge in [-0.15, -0.1) is 11.3 Å². The van der Waals surface area contributed by atoms with Crippen molar-refractivity contribution in [3.8, 4) is 33.6 Å². The zero-order chi connectivity index (χ0) is 22.0. The van der Waals surface area contributed by atoms with Gasteiger partial charge in [0.25, 0.3) is 5.91 Å². The summed E-state index contributed by atoms with van der Waals surface area (Å²) in [5.74, 6) is 1.76. The number of thiazole rings is 1. The first-order valence-corrected chi connectivity index (χ1v) is 10.2. The number of methoxy groups -OCH3 is 4. The monoisotopic (exact) mass is 439 g/mol. The maximum atomic E-state index is 12.8. The number of H-pyrrole nitrogens is 1. The van der Waals surface area contributed by atoms with E-state index >= 15 is 0 Å². The zero-order valence-corrected chi connectivity index (χ0v) is 18.3. The van der Waals surface area contributed by atoms with Gasteiger partial charge in [-0.1, -0.05) is 0 Å². The van der Waals surface area contributed by atoms with Crippen molar-refractivity contribution in [2.75, 3.05) is 33.8 Å². The van der Waals surface area contributed by atoms with E-state index in [0.29, 0.717) is 28.6 Å². The largest absolute Gasteiger partial charge is 0.497 e. The van der Waals surface area contributed by atoms with Gasteiger partial charge in [0, 0.05) is 45.9 Å². The van der Waals surface area contributed by atoms with Crippen molar-refractivity contribution < 1.29 is 23.7 Å². The smallest absolute Gasteiger partial charge is 0.275 e. The Kier molecular flexibility index (Phi) is 5.68. The molecule has 0 fully saturated rings. The second-order valence-electron chi connectivity index (χ2n) is 6.52. The van der Waals surface area contributed by atoms with Gasteiger partial charge < -0.3 is 29.2 Å². The van der Waals surface area contributed by atoms with Crippen LogP contribution in [0.4, 0.5) is 5.69 Å². The predicted octanol–water partition coefficient (Wildman–Crippen LogP) is 4.58. The number of hydrogen-bond donors (Lipinski definition) is 2. The minimum absolute atomic E-state index is 0.311. The topological polar surface area (TPSA) is 94.7 Å². The van der Waals surface area contributed by atoms with E-state index in [9.17, 15) is 4.79 Å². The number of fused-ring (bicyclic) bond motifs is 1. The summed E-state index contributed by atoms with van der Waals surface area (Å²) in [5, 5.41) is 6.27. The maximum absolute atomic E-state index is 12.8. The summed E-state index contributed by atoms with van der Waals surface area (Å²) in [4.78, 5) is 20.6. The fourth-order valence-electron chi connectivity index (χ4n) is 3.25. The first-order valence-electron chi connectivity index (χ1n) is 9.30. The molecule has 2 aromatic carbocycles. The number of aromatic nitrogens is 2. The second-order valence-corrected chi connectivity index (χ2v) is 7.38. The molecule has 8 nitrogen and oxygen atoms in total. The summed E-state index contributed by atoms with van der Waals surface area (Å²) in [6.45, 7) is 0. The fourth-order valence-corrected chi connectivity index (χ4v) is 4.08. The van der Waals surface area contributed by atoms with Crippen molar-refractivity contribution in [2.45, 2.75) is 0 Å². The lowest BCUT2D eigenvalue weighted by molar-refractivity contribution is 0.102. The van der Waals surface area contributed by atoms with Crippen molar-refractivity contribution in [2.24, 2.45) is 0 Å². The van der Waals surface area contributed by atoms with Crippen LogP contribution in [-0.4, -0.2) is 44.3 Å². The van der Waals surface area contributed by atoms with Crippen LogP contribution in [0.3, 0.4) is 0 Å². The molecule has 4 aromatic rings. The molecule has 0 radical (unpaired) electrons. The molecule has 2 N–H and O–H groups in total. The summed E-state index contributed by atoms with van der Waals surface area (Å²) in [7, 11) is 6.19. The molecule has 9 heteroatoms. The van der Waals surface area contributed by atoms with Gasteiger partial charge in [0.1, 0.15) is 16.5 Å². The SMILES string of the molecule is COc1ccc2[nH]cc(-c3nc(C(=O)Nc4cc(OC)c(OC)c(OC)c4)cs3)c2c1. The Morgan fingerprint density at radius 1 is 1.00 bits per heavy atom. The Balaban J connectivity index is 1.61. The number of nitrogens with zero attached hydrogens (tertiary/aromatic N) is 1. The molecule has 0 saturated carbocycles. The molecule has 0 spiro atoms. The van der Waals surface area contributed by atoms with Crippen molar-refractivity contribution in [3.63, 3.8) is 0 Å². The standard InChI is InChI=1S/C22H21N3O5S/c1-27-13-5-6-16-14(9-13)15(10-23-16)22-25-17(11-31-22)21(26)24-12-7-18(28-2)20(30-4)19(8-12)29-3/h5-11,23H,1-4H3,(H,24,26). The fraction of sp³-hybridized carbons (Fsp3) is 0.182. The van der Waals surface area contributed by atoms with E-state index in [4.69, 9.17) is 18.9 Å². The summed E-state index contributed by atoms with van der Waals surface area (Å²) in [6, 6.07) is 9.11. The van der Waals surface area contributed by atoms with Crippen molar-refractivity contribution in [1.29, 1.82) is 0 Å². The molecular weight excluding hydrogens is 418 g/mol. The molecule has 0 aliphatic carbocycles. The van der Waals surface area contributed by atoms with E-state index in [1.807, 2.05) is 24.4 Å². The number of hydrogen-bond acceptors (Lipinski definition) is 7. The summed E-state index contributed by atoms with van der Waals surface area (Å²) in [5.41, 5.74) is 2.69. The Labute approximate surface area is 182 Å². The third-order valence-corrected chi connectivity index (χ3v) is 5.65. The van der Waals surface area contributed by atoms with Crippen molar-refractivity contribution in [3.05, 3.63) is 47.6 Å². The molecule has 31 heavy (non-hydrogen) atoms. The third kappa shape index (κ3) is 3.87. The van der Waals surface area contributed by atoms with E-state index in [0.717, 1.165) is 27.2 Å². The normalized spacial score (nSPS) is 10.7. The number of nitrogens with one attached hydrogen (secondary N) is 2. The lowest BCUT2D eigenvalue weighted by atomic mass is 10.2. The maximum Gasteiger partial charge on any atom is 0.275 e. The van der Waals surface area contributed by atoms with Crippen molar-refractivity contribution in [1.82, 2.24) is 9.97 Å². The highest BCUT2D eigenvalue weighted by atomic mass is 32.1. The highest BCUT2D eigenvalue weighted by molar-refractivity contribution is 7.13. The number of anilines is 1. The molecule has 0 aliphatic heterocycles. The summed E-state index contributed by atoms with van der Waals surface area (Å²) >= 11 is 1.39. The Morgan fingerprint density at radius 3 is 2.39 bits per heavy atom. The number of carbonyl (C=O) groups excluding carboxylic acids is 1. The molecule has 0 aliphatic rings. The average Bonchev–Trinajstić information content (AvgIpc) is 3.44. The van der Waals surface area contributed by atoms with Crippen LogP contribution in [0.15, 0.2) is 41.9 Å². The van der Waals surface area contributed by atoms with E-state index in [1.54, 1.807) is 24.6 Å². The summed E-state index contributed by atoms with van der Waals surface area (Å²) in [6.07, 6.45) is 1.88. The molecular formula is C22H21N3O5S. The Hall–Kier alpha value is -3.72. The number of ether oxygens (including phenoxy) is 4. The lowest BCUT2D eigenvalue weighted by Gasteiger charge is -2.14. The minimum atomic E-state index is -0.339. The molecule has 2 aromatic heterocycles.